The van der Waals surface area contributed by atoms with Gasteiger partial charge in [-0.05, 0) is 43.8 Å². The summed E-state index contributed by atoms with van der Waals surface area (Å²) in [5.41, 5.74) is 7.60. The highest BCUT2D eigenvalue weighted by atomic mass is 19.1. The maximum atomic E-state index is 13.9. The molecule has 0 aliphatic heterocycles. The number of hydrogen-bond donors (Lipinski definition) is 2. The first-order valence-corrected chi connectivity index (χ1v) is 5.87. The molecule has 2 aromatic rings. The zero-order valence-electron chi connectivity index (χ0n) is 10.7. The molecule has 0 amide bonds. The fourth-order valence-corrected chi connectivity index (χ4v) is 2.16. The molecule has 1 aromatic heterocycles. The van der Waals surface area contributed by atoms with Gasteiger partial charge in [0.05, 0.1) is 6.04 Å². The van der Waals surface area contributed by atoms with Gasteiger partial charge in [0.2, 0.25) is 0 Å². The van der Waals surface area contributed by atoms with Gasteiger partial charge in [-0.15, -0.1) is 0 Å². The molecule has 2 rings (SSSR count). The lowest BCUT2D eigenvalue weighted by atomic mass is 9.95. The fourth-order valence-electron chi connectivity index (χ4n) is 2.16. The van der Waals surface area contributed by atoms with Crippen LogP contribution in [0.2, 0.25) is 0 Å². The highest BCUT2D eigenvalue weighted by molar-refractivity contribution is 5.50. The molecule has 0 saturated heterocycles. The number of nitrogens with two attached hydrogens (primary N) is 1. The Kier molecular flexibility index (Phi) is 3.76. The van der Waals surface area contributed by atoms with Crippen molar-refractivity contribution in [2.45, 2.75) is 13.0 Å². The van der Waals surface area contributed by atoms with Crippen LogP contribution in [0, 0.1) is 18.6 Å². The van der Waals surface area contributed by atoms with Crippen molar-refractivity contribution >= 4 is 5.82 Å². The number of rotatable bonds is 3. The quantitative estimate of drug-likeness (QED) is 0.894. The van der Waals surface area contributed by atoms with Crippen LogP contribution in [0.5, 0.6) is 0 Å². The Bertz CT molecular complexity index is 579. The van der Waals surface area contributed by atoms with E-state index in [2.05, 4.69) is 10.3 Å². The molecule has 100 valence electrons. The Hall–Kier alpha value is -2.01. The Morgan fingerprint density at radius 1 is 1.26 bits per heavy atom. The van der Waals surface area contributed by atoms with E-state index >= 15 is 0 Å². The molecule has 1 heterocycles. The average molecular weight is 263 g/mol. The SMILES string of the molecule is CNC(c1cc(F)ccc1F)c1c(C)ccnc1N. The van der Waals surface area contributed by atoms with E-state index in [4.69, 9.17) is 5.73 Å². The summed E-state index contributed by atoms with van der Waals surface area (Å²) in [6.07, 6.45) is 1.59. The molecular weight excluding hydrogens is 248 g/mol. The monoisotopic (exact) mass is 263 g/mol. The third kappa shape index (κ3) is 2.56. The number of nitrogen functional groups attached to an aromatic ring is 1. The fraction of sp³-hybridized carbons (Fsp3) is 0.214. The van der Waals surface area contributed by atoms with Gasteiger partial charge < -0.3 is 11.1 Å². The molecule has 0 aliphatic rings. The Morgan fingerprint density at radius 3 is 2.63 bits per heavy atom. The van der Waals surface area contributed by atoms with Gasteiger partial charge in [0.15, 0.2) is 0 Å². The van der Waals surface area contributed by atoms with Crippen LogP contribution in [0.15, 0.2) is 30.5 Å². The summed E-state index contributed by atoms with van der Waals surface area (Å²) in [4.78, 5) is 4.01. The van der Waals surface area contributed by atoms with Gasteiger partial charge in [-0.2, -0.15) is 0 Å². The molecule has 3 nitrogen and oxygen atoms in total. The van der Waals surface area contributed by atoms with Gasteiger partial charge in [-0.3, -0.25) is 0 Å². The summed E-state index contributed by atoms with van der Waals surface area (Å²) < 4.78 is 27.2. The molecule has 3 N–H and O–H groups in total. The van der Waals surface area contributed by atoms with Crippen molar-refractivity contribution in [1.82, 2.24) is 10.3 Å². The van der Waals surface area contributed by atoms with Crippen LogP contribution >= 0.6 is 0 Å². The first-order chi connectivity index (χ1) is 9.04. The Morgan fingerprint density at radius 2 is 2.00 bits per heavy atom. The van der Waals surface area contributed by atoms with Gasteiger partial charge in [-0.1, -0.05) is 0 Å². The molecule has 1 aromatic carbocycles. The van der Waals surface area contributed by atoms with Crippen molar-refractivity contribution in [1.29, 1.82) is 0 Å². The Balaban J connectivity index is 2.59. The summed E-state index contributed by atoms with van der Waals surface area (Å²) in [7, 11) is 1.67. The Labute approximate surface area is 110 Å². The molecule has 0 saturated carbocycles. The van der Waals surface area contributed by atoms with Crippen LogP contribution in [0.4, 0.5) is 14.6 Å². The molecule has 0 spiro atoms. The summed E-state index contributed by atoms with van der Waals surface area (Å²) in [5.74, 6) is -0.664. The van der Waals surface area contributed by atoms with E-state index in [0.29, 0.717) is 11.4 Å². The van der Waals surface area contributed by atoms with Gasteiger partial charge in [0.1, 0.15) is 17.5 Å². The van der Waals surface area contributed by atoms with Gasteiger partial charge >= 0.3 is 0 Å². The van der Waals surface area contributed by atoms with E-state index in [1.54, 1.807) is 19.3 Å². The minimum Gasteiger partial charge on any atom is -0.383 e. The number of nitrogens with one attached hydrogen (secondary N) is 1. The minimum atomic E-state index is -0.538. The number of anilines is 1. The van der Waals surface area contributed by atoms with Crippen molar-refractivity contribution in [3.63, 3.8) is 0 Å². The van der Waals surface area contributed by atoms with E-state index in [0.717, 1.165) is 17.7 Å². The maximum Gasteiger partial charge on any atom is 0.128 e. The predicted octanol–water partition coefficient (Wildman–Crippen LogP) is 2.56. The lowest BCUT2D eigenvalue weighted by Gasteiger charge is -2.21. The van der Waals surface area contributed by atoms with Crippen LogP contribution in [0.1, 0.15) is 22.7 Å². The van der Waals surface area contributed by atoms with E-state index in [9.17, 15) is 8.78 Å². The summed E-state index contributed by atoms with van der Waals surface area (Å²) >= 11 is 0. The zero-order valence-corrected chi connectivity index (χ0v) is 10.7. The largest absolute Gasteiger partial charge is 0.383 e. The molecule has 5 heteroatoms. The average Bonchev–Trinajstić information content (AvgIpc) is 2.37. The second-order valence-corrected chi connectivity index (χ2v) is 4.31. The summed E-state index contributed by atoms with van der Waals surface area (Å²) in [6.45, 7) is 1.86. The second kappa shape index (κ2) is 5.32. The lowest BCUT2D eigenvalue weighted by Crippen LogP contribution is -2.22. The van der Waals surface area contributed by atoms with Crippen LogP contribution in [0.25, 0.3) is 0 Å². The molecule has 1 atom stereocenters. The smallest absolute Gasteiger partial charge is 0.128 e. The predicted molar refractivity (Wildman–Crippen MR) is 70.6 cm³/mol. The summed E-state index contributed by atoms with van der Waals surface area (Å²) in [6, 6.07) is 4.61. The number of aromatic nitrogens is 1. The molecule has 0 fully saturated rings. The number of pyridine rings is 1. The third-order valence-corrected chi connectivity index (χ3v) is 3.09. The molecule has 1 unspecified atom stereocenters. The molecular formula is C14H15F2N3. The minimum absolute atomic E-state index is 0.213. The standard InChI is InChI=1S/C14H15F2N3/c1-8-5-6-19-14(17)12(8)13(18-2)10-7-9(15)3-4-11(10)16/h3-7,13,18H,1-2H3,(H2,17,19). The third-order valence-electron chi connectivity index (χ3n) is 3.09. The first-order valence-electron chi connectivity index (χ1n) is 5.87. The van der Waals surface area contributed by atoms with Gasteiger partial charge in [-0.25, -0.2) is 13.8 Å². The van der Waals surface area contributed by atoms with Crippen LogP contribution in [0.3, 0.4) is 0 Å². The highest BCUT2D eigenvalue weighted by Crippen LogP contribution is 2.30. The normalized spacial score (nSPS) is 12.4. The van der Waals surface area contributed by atoms with Crippen molar-refractivity contribution in [2.75, 3.05) is 12.8 Å². The molecule has 0 radical (unpaired) electrons. The highest BCUT2D eigenvalue weighted by Gasteiger charge is 2.21. The number of nitrogens with zero attached hydrogens (tertiary/aromatic N) is 1. The van der Waals surface area contributed by atoms with E-state index in [1.165, 1.54) is 6.07 Å². The number of hydrogen-bond acceptors (Lipinski definition) is 3. The number of benzene rings is 1. The topological polar surface area (TPSA) is 50.9 Å². The van der Waals surface area contributed by atoms with Crippen molar-refractivity contribution in [3.05, 3.63) is 58.8 Å². The lowest BCUT2D eigenvalue weighted by molar-refractivity contribution is 0.557. The second-order valence-electron chi connectivity index (χ2n) is 4.31. The van der Waals surface area contributed by atoms with E-state index < -0.39 is 17.7 Å². The van der Waals surface area contributed by atoms with E-state index in [-0.39, 0.29) is 5.56 Å². The van der Waals surface area contributed by atoms with E-state index in [1.807, 2.05) is 6.92 Å². The number of halogens is 2. The van der Waals surface area contributed by atoms with Gasteiger partial charge in [0.25, 0.3) is 0 Å². The molecule has 19 heavy (non-hydrogen) atoms. The van der Waals surface area contributed by atoms with Crippen LogP contribution in [-0.2, 0) is 0 Å². The molecule has 0 aliphatic carbocycles. The summed E-state index contributed by atoms with van der Waals surface area (Å²) in [5, 5.41) is 2.96. The van der Waals surface area contributed by atoms with Crippen LogP contribution in [-0.4, -0.2) is 12.0 Å². The number of aryl methyl sites for hydroxylation is 1. The van der Waals surface area contributed by atoms with Gasteiger partial charge in [0, 0.05) is 17.3 Å². The van der Waals surface area contributed by atoms with Crippen LogP contribution < -0.4 is 11.1 Å². The van der Waals surface area contributed by atoms with Crippen molar-refractivity contribution in [2.24, 2.45) is 0 Å². The van der Waals surface area contributed by atoms with Crippen molar-refractivity contribution < 1.29 is 8.78 Å². The maximum absolute atomic E-state index is 13.9. The van der Waals surface area contributed by atoms with Crippen molar-refractivity contribution in [3.8, 4) is 0 Å². The first kappa shape index (κ1) is 13.4. The molecule has 0 bridgehead atoms. The zero-order chi connectivity index (χ0) is 14.0.